The third kappa shape index (κ3) is 2.63. The lowest BCUT2D eigenvalue weighted by atomic mass is 10.2. The molecule has 0 saturated heterocycles. The largest absolute Gasteiger partial charge is 0.399 e. The van der Waals surface area contributed by atoms with Crippen molar-refractivity contribution < 1.29 is 0 Å². The standard InChI is InChI=1S/C15H15N3O/c1-3-5-11(4-2)10-18-14-7-6-12(16)8-13(14)17-9-15(18)19/h3-9H,1-2,10,16H2/b11-5+. The van der Waals surface area contributed by atoms with Crippen LogP contribution in [0.1, 0.15) is 0 Å². The molecule has 96 valence electrons. The average molecular weight is 253 g/mol. The molecule has 0 unspecified atom stereocenters. The van der Waals surface area contributed by atoms with Gasteiger partial charge in [-0.25, -0.2) is 4.98 Å². The van der Waals surface area contributed by atoms with E-state index in [0.29, 0.717) is 17.7 Å². The van der Waals surface area contributed by atoms with Crippen LogP contribution in [0.4, 0.5) is 5.69 Å². The number of nitrogens with two attached hydrogens (primary N) is 1. The summed E-state index contributed by atoms with van der Waals surface area (Å²) in [5.41, 5.74) is 8.53. The third-order valence-electron chi connectivity index (χ3n) is 2.81. The van der Waals surface area contributed by atoms with Gasteiger partial charge in [0.15, 0.2) is 0 Å². The molecule has 4 heteroatoms. The summed E-state index contributed by atoms with van der Waals surface area (Å²) in [6.07, 6.45) is 6.50. The van der Waals surface area contributed by atoms with Gasteiger partial charge in [-0.3, -0.25) is 4.79 Å². The van der Waals surface area contributed by atoms with Gasteiger partial charge in [0.1, 0.15) is 0 Å². The highest BCUT2D eigenvalue weighted by atomic mass is 16.1. The van der Waals surface area contributed by atoms with E-state index in [9.17, 15) is 4.79 Å². The van der Waals surface area contributed by atoms with Gasteiger partial charge in [0.2, 0.25) is 0 Å². The summed E-state index contributed by atoms with van der Waals surface area (Å²) in [6, 6.07) is 5.30. The van der Waals surface area contributed by atoms with E-state index < -0.39 is 0 Å². The van der Waals surface area contributed by atoms with Gasteiger partial charge in [0.05, 0.1) is 23.8 Å². The van der Waals surface area contributed by atoms with Crippen molar-refractivity contribution in [3.8, 4) is 0 Å². The van der Waals surface area contributed by atoms with Gasteiger partial charge in [-0.2, -0.15) is 0 Å². The van der Waals surface area contributed by atoms with Crippen LogP contribution in [0.25, 0.3) is 11.0 Å². The minimum Gasteiger partial charge on any atom is -0.399 e. The molecule has 2 rings (SSSR count). The molecule has 0 amide bonds. The lowest BCUT2D eigenvalue weighted by Crippen LogP contribution is -2.21. The van der Waals surface area contributed by atoms with Crippen LogP contribution >= 0.6 is 0 Å². The molecule has 1 aromatic carbocycles. The monoisotopic (exact) mass is 253 g/mol. The molecule has 1 aromatic heterocycles. The number of anilines is 1. The van der Waals surface area contributed by atoms with E-state index >= 15 is 0 Å². The van der Waals surface area contributed by atoms with Crippen molar-refractivity contribution in [2.45, 2.75) is 6.54 Å². The summed E-state index contributed by atoms with van der Waals surface area (Å²) in [5, 5.41) is 0. The number of nitrogen functional groups attached to an aromatic ring is 1. The Bertz CT molecular complexity index is 726. The number of nitrogens with zero attached hydrogens (tertiary/aromatic N) is 2. The number of aromatic nitrogens is 2. The summed E-state index contributed by atoms with van der Waals surface area (Å²) in [5.74, 6) is 0. The first-order valence-electron chi connectivity index (χ1n) is 5.85. The maximum Gasteiger partial charge on any atom is 0.269 e. The first kappa shape index (κ1) is 12.8. The van der Waals surface area contributed by atoms with Crippen molar-refractivity contribution in [1.82, 2.24) is 9.55 Å². The summed E-state index contributed by atoms with van der Waals surface area (Å²) in [6.45, 7) is 7.81. The molecule has 0 aliphatic carbocycles. The van der Waals surface area contributed by atoms with Crippen LogP contribution in [-0.4, -0.2) is 9.55 Å². The average Bonchev–Trinajstić information content (AvgIpc) is 2.41. The number of benzene rings is 1. The molecular formula is C15H15N3O. The topological polar surface area (TPSA) is 60.9 Å². The number of hydrogen-bond donors (Lipinski definition) is 1. The molecule has 0 aliphatic rings. The molecule has 0 spiro atoms. The molecule has 0 atom stereocenters. The Morgan fingerprint density at radius 1 is 1.42 bits per heavy atom. The fourth-order valence-electron chi connectivity index (χ4n) is 1.87. The van der Waals surface area contributed by atoms with E-state index in [0.717, 1.165) is 11.1 Å². The summed E-state index contributed by atoms with van der Waals surface area (Å²) in [7, 11) is 0. The van der Waals surface area contributed by atoms with E-state index in [1.54, 1.807) is 34.9 Å². The van der Waals surface area contributed by atoms with Gasteiger partial charge in [-0.05, 0) is 23.8 Å². The predicted molar refractivity (Wildman–Crippen MR) is 78.9 cm³/mol. The lowest BCUT2D eigenvalue weighted by molar-refractivity contribution is 0.786. The van der Waals surface area contributed by atoms with E-state index in [4.69, 9.17) is 5.73 Å². The molecule has 2 N–H and O–H groups in total. The van der Waals surface area contributed by atoms with Crippen LogP contribution in [-0.2, 0) is 6.54 Å². The van der Waals surface area contributed by atoms with Gasteiger partial charge in [0.25, 0.3) is 5.56 Å². The van der Waals surface area contributed by atoms with Gasteiger partial charge < -0.3 is 10.3 Å². The van der Waals surface area contributed by atoms with Gasteiger partial charge in [-0.15, -0.1) is 0 Å². The number of allylic oxidation sites excluding steroid dienone is 4. The highest BCUT2D eigenvalue weighted by Crippen LogP contribution is 2.14. The van der Waals surface area contributed by atoms with Crippen LogP contribution in [0.15, 0.2) is 66.1 Å². The molecule has 0 fully saturated rings. The maximum absolute atomic E-state index is 12.0. The number of hydrogen-bond acceptors (Lipinski definition) is 3. The quantitative estimate of drug-likeness (QED) is 0.671. The Kier molecular flexibility index (Phi) is 3.61. The first-order chi connectivity index (χ1) is 9.15. The SMILES string of the molecule is C=C/C=C(\C=C)Cn1c(=O)cnc2cc(N)ccc21. The zero-order valence-electron chi connectivity index (χ0n) is 10.5. The minimum absolute atomic E-state index is 0.158. The first-order valence-corrected chi connectivity index (χ1v) is 5.85. The Hall–Kier alpha value is -2.62. The molecule has 2 aromatic rings. The Morgan fingerprint density at radius 2 is 2.21 bits per heavy atom. The van der Waals surface area contributed by atoms with Gasteiger partial charge in [-0.1, -0.05) is 31.4 Å². The summed E-state index contributed by atoms with van der Waals surface area (Å²) in [4.78, 5) is 16.1. The molecule has 1 heterocycles. The van der Waals surface area contributed by atoms with Gasteiger partial charge in [0, 0.05) is 5.69 Å². The normalized spacial score (nSPS) is 11.5. The predicted octanol–water partition coefficient (Wildman–Crippen LogP) is 2.28. The molecule has 0 saturated carbocycles. The molecule has 0 bridgehead atoms. The summed E-state index contributed by atoms with van der Waals surface area (Å²) < 4.78 is 1.64. The highest BCUT2D eigenvalue weighted by Gasteiger charge is 2.05. The van der Waals surface area contributed by atoms with E-state index in [2.05, 4.69) is 18.1 Å². The second kappa shape index (κ2) is 5.35. The van der Waals surface area contributed by atoms with Crippen molar-refractivity contribution in [2.75, 3.05) is 5.73 Å². The molecule has 19 heavy (non-hydrogen) atoms. The van der Waals surface area contributed by atoms with Crippen molar-refractivity contribution in [3.05, 3.63) is 71.7 Å². The summed E-state index contributed by atoms with van der Waals surface area (Å²) >= 11 is 0. The lowest BCUT2D eigenvalue weighted by Gasteiger charge is -2.10. The Morgan fingerprint density at radius 3 is 2.89 bits per heavy atom. The number of fused-ring (bicyclic) bond motifs is 1. The van der Waals surface area contributed by atoms with Crippen molar-refractivity contribution in [3.63, 3.8) is 0 Å². The smallest absolute Gasteiger partial charge is 0.269 e. The van der Waals surface area contributed by atoms with Gasteiger partial charge >= 0.3 is 0 Å². The van der Waals surface area contributed by atoms with Crippen molar-refractivity contribution in [1.29, 1.82) is 0 Å². The second-order valence-corrected chi connectivity index (χ2v) is 4.11. The maximum atomic E-state index is 12.0. The molecule has 0 aliphatic heterocycles. The van der Waals surface area contributed by atoms with Crippen LogP contribution in [0.2, 0.25) is 0 Å². The second-order valence-electron chi connectivity index (χ2n) is 4.11. The fourth-order valence-corrected chi connectivity index (χ4v) is 1.87. The van der Waals surface area contributed by atoms with E-state index in [1.165, 1.54) is 6.20 Å². The van der Waals surface area contributed by atoms with E-state index in [-0.39, 0.29) is 5.56 Å². The third-order valence-corrected chi connectivity index (χ3v) is 2.81. The highest BCUT2D eigenvalue weighted by molar-refractivity contribution is 5.78. The molecule has 0 radical (unpaired) electrons. The zero-order valence-corrected chi connectivity index (χ0v) is 10.5. The molecule has 4 nitrogen and oxygen atoms in total. The number of rotatable bonds is 4. The van der Waals surface area contributed by atoms with Crippen LogP contribution in [0, 0.1) is 0 Å². The Labute approximate surface area is 111 Å². The Balaban J connectivity index is 2.61. The fraction of sp³-hybridized carbons (Fsp3) is 0.0667. The van der Waals surface area contributed by atoms with Crippen LogP contribution in [0.5, 0.6) is 0 Å². The van der Waals surface area contributed by atoms with Crippen LogP contribution < -0.4 is 11.3 Å². The van der Waals surface area contributed by atoms with Crippen molar-refractivity contribution >= 4 is 16.7 Å². The van der Waals surface area contributed by atoms with Crippen LogP contribution in [0.3, 0.4) is 0 Å². The minimum atomic E-state index is -0.158. The zero-order chi connectivity index (χ0) is 13.8. The van der Waals surface area contributed by atoms with E-state index in [1.807, 2.05) is 6.08 Å². The molecular weight excluding hydrogens is 238 g/mol. The van der Waals surface area contributed by atoms with Crippen molar-refractivity contribution in [2.24, 2.45) is 0 Å².